The van der Waals surface area contributed by atoms with Crippen molar-refractivity contribution in [3.63, 3.8) is 0 Å². The molecule has 2 rings (SSSR count). The third-order valence-corrected chi connectivity index (χ3v) is 7.80. The lowest BCUT2D eigenvalue weighted by Gasteiger charge is -2.36. The standard InChI is InChI=1S/C25H38NO2P/c1-9-25(10-2,22-15-19(4)13-20(5)24(22)28-17-27-8)29-23-12-11-18(3)14-21(23)16-26(6)7/h11-15,29H,9-10,16-17H2,1-8H3. The van der Waals surface area contributed by atoms with Gasteiger partial charge in [0.25, 0.3) is 0 Å². The molecule has 2 aromatic carbocycles. The van der Waals surface area contributed by atoms with Crippen LogP contribution in [0.5, 0.6) is 5.75 Å². The fraction of sp³-hybridized carbons (Fsp3) is 0.520. The second-order valence-electron chi connectivity index (χ2n) is 8.32. The third kappa shape index (κ3) is 5.81. The Kier molecular flexibility index (Phi) is 8.70. The van der Waals surface area contributed by atoms with E-state index in [9.17, 15) is 0 Å². The number of aryl methyl sites for hydroxylation is 3. The van der Waals surface area contributed by atoms with E-state index in [4.69, 9.17) is 9.47 Å². The van der Waals surface area contributed by atoms with Crippen LogP contribution < -0.4 is 10.0 Å². The number of rotatable bonds is 10. The van der Waals surface area contributed by atoms with Crippen LogP contribution in [-0.2, 0) is 16.4 Å². The van der Waals surface area contributed by atoms with Gasteiger partial charge in [-0.2, -0.15) is 0 Å². The minimum atomic E-state index is 0.0518. The summed E-state index contributed by atoms with van der Waals surface area (Å²) in [6, 6.07) is 11.5. The van der Waals surface area contributed by atoms with E-state index >= 15 is 0 Å². The van der Waals surface area contributed by atoms with Crippen molar-refractivity contribution in [2.45, 2.75) is 59.2 Å². The zero-order valence-corrected chi connectivity index (χ0v) is 20.5. The molecule has 0 radical (unpaired) electrons. The van der Waals surface area contributed by atoms with Crippen molar-refractivity contribution >= 4 is 13.9 Å². The van der Waals surface area contributed by atoms with Crippen molar-refractivity contribution in [2.75, 3.05) is 28.0 Å². The van der Waals surface area contributed by atoms with Crippen LogP contribution in [0.25, 0.3) is 0 Å². The summed E-state index contributed by atoms with van der Waals surface area (Å²) in [6.45, 7) is 12.4. The van der Waals surface area contributed by atoms with Crippen molar-refractivity contribution in [2.24, 2.45) is 0 Å². The summed E-state index contributed by atoms with van der Waals surface area (Å²) >= 11 is 0. The Labute approximate surface area is 179 Å². The summed E-state index contributed by atoms with van der Waals surface area (Å²) in [5, 5.41) is 1.51. The van der Waals surface area contributed by atoms with Gasteiger partial charge in [0.1, 0.15) is 5.75 Å². The Bertz CT molecular complexity index is 813. The monoisotopic (exact) mass is 415 g/mol. The van der Waals surface area contributed by atoms with Gasteiger partial charge in [0.15, 0.2) is 6.79 Å². The SMILES string of the molecule is CCC(CC)(Pc1ccc(C)cc1CN(C)C)c1cc(C)cc(C)c1OCOC. The van der Waals surface area contributed by atoms with E-state index in [2.05, 4.69) is 83.9 Å². The average molecular weight is 416 g/mol. The Morgan fingerprint density at radius 3 is 2.24 bits per heavy atom. The van der Waals surface area contributed by atoms with Gasteiger partial charge in [-0.3, -0.25) is 0 Å². The maximum absolute atomic E-state index is 6.11. The quantitative estimate of drug-likeness (QED) is 0.368. The minimum Gasteiger partial charge on any atom is -0.467 e. The van der Waals surface area contributed by atoms with Crippen LogP contribution in [0, 0.1) is 20.8 Å². The summed E-state index contributed by atoms with van der Waals surface area (Å²) in [6.07, 6.45) is 2.15. The Balaban J connectivity index is 2.59. The smallest absolute Gasteiger partial charge is 0.188 e. The maximum atomic E-state index is 6.11. The molecule has 3 nitrogen and oxygen atoms in total. The van der Waals surface area contributed by atoms with E-state index < -0.39 is 0 Å². The lowest BCUT2D eigenvalue weighted by atomic mass is 9.89. The number of methoxy groups -OCH3 is 1. The van der Waals surface area contributed by atoms with Crippen LogP contribution in [0.2, 0.25) is 0 Å². The summed E-state index contributed by atoms with van der Waals surface area (Å²) in [5.74, 6) is 0.995. The van der Waals surface area contributed by atoms with Gasteiger partial charge in [0, 0.05) is 24.4 Å². The second-order valence-corrected chi connectivity index (χ2v) is 10.1. The van der Waals surface area contributed by atoms with Gasteiger partial charge in [0.05, 0.1) is 0 Å². The summed E-state index contributed by atoms with van der Waals surface area (Å²) in [7, 11) is 6.65. The lowest BCUT2D eigenvalue weighted by Crippen LogP contribution is -2.26. The van der Waals surface area contributed by atoms with Crippen LogP contribution in [0.3, 0.4) is 0 Å². The van der Waals surface area contributed by atoms with Gasteiger partial charge < -0.3 is 14.4 Å². The van der Waals surface area contributed by atoms with E-state index in [0.29, 0.717) is 8.58 Å². The van der Waals surface area contributed by atoms with E-state index in [1.165, 1.54) is 33.1 Å². The molecule has 0 aliphatic rings. The molecular formula is C25H38NO2P. The first kappa shape index (κ1) is 23.9. The first-order valence-electron chi connectivity index (χ1n) is 10.5. The molecule has 0 heterocycles. The Morgan fingerprint density at radius 1 is 0.966 bits per heavy atom. The lowest BCUT2D eigenvalue weighted by molar-refractivity contribution is 0.0494. The summed E-state index contributed by atoms with van der Waals surface area (Å²) in [5.41, 5.74) is 6.56. The number of ether oxygens (including phenoxy) is 2. The van der Waals surface area contributed by atoms with Gasteiger partial charge in [-0.05, 0) is 64.1 Å². The predicted molar refractivity (Wildman–Crippen MR) is 127 cm³/mol. The molecule has 4 heteroatoms. The van der Waals surface area contributed by atoms with E-state index in [-0.39, 0.29) is 11.9 Å². The zero-order chi connectivity index (χ0) is 21.6. The first-order chi connectivity index (χ1) is 13.8. The molecule has 2 aromatic rings. The minimum absolute atomic E-state index is 0.0518. The van der Waals surface area contributed by atoms with Crippen molar-refractivity contribution in [3.05, 3.63) is 58.1 Å². The average Bonchev–Trinajstić information content (AvgIpc) is 2.66. The van der Waals surface area contributed by atoms with Crippen LogP contribution in [0.1, 0.15) is 54.5 Å². The first-order valence-corrected chi connectivity index (χ1v) is 11.5. The molecule has 0 fully saturated rings. The van der Waals surface area contributed by atoms with Gasteiger partial charge >= 0.3 is 0 Å². The summed E-state index contributed by atoms with van der Waals surface area (Å²) < 4.78 is 11.3. The molecule has 0 spiro atoms. The number of benzene rings is 2. The number of hydrogen-bond acceptors (Lipinski definition) is 3. The normalized spacial score (nSPS) is 12.3. The van der Waals surface area contributed by atoms with Crippen molar-refractivity contribution < 1.29 is 9.47 Å². The van der Waals surface area contributed by atoms with Crippen LogP contribution in [0.15, 0.2) is 30.3 Å². The van der Waals surface area contributed by atoms with Crippen LogP contribution in [0.4, 0.5) is 0 Å². The van der Waals surface area contributed by atoms with Crippen molar-refractivity contribution in [1.29, 1.82) is 0 Å². The largest absolute Gasteiger partial charge is 0.467 e. The van der Waals surface area contributed by atoms with Gasteiger partial charge in [0.2, 0.25) is 0 Å². The maximum Gasteiger partial charge on any atom is 0.188 e. The van der Waals surface area contributed by atoms with E-state index in [1.807, 2.05) is 0 Å². The molecule has 160 valence electrons. The molecule has 0 amide bonds. The van der Waals surface area contributed by atoms with Crippen molar-refractivity contribution in [3.8, 4) is 5.75 Å². The fourth-order valence-corrected chi connectivity index (χ4v) is 5.74. The Hall–Kier alpha value is -1.41. The van der Waals surface area contributed by atoms with E-state index in [0.717, 1.165) is 25.1 Å². The van der Waals surface area contributed by atoms with Crippen molar-refractivity contribution in [1.82, 2.24) is 4.90 Å². The van der Waals surface area contributed by atoms with Gasteiger partial charge in [-0.1, -0.05) is 63.9 Å². The second kappa shape index (κ2) is 10.6. The highest BCUT2D eigenvalue weighted by Gasteiger charge is 2.33. The molecule has 0 aliphatic carbocycles. The molecule has 29 heavy (non-hydrogen) atoms. The molecule has 0 aromatic heterocycles. The highest BCUT2D eigenvalue weighted by molar-refractivity contribution is 7.48. The third-order valence-electron chi connectivity index (χ3n) is 5.58. The fourth-order valence-electron chi connectivity index (χ4n) is 4.07. The molecule has 1 unspecified atom stereocenters. The molecular weight excluding hydrogens is 377 g/mol. The molecule has 0 saturated carbocycles. The van der Waals surface area contributed by atoms with Gasteiger partial charge in [-0.25, -0.2) is 0 Å². The van der Waals surface area contributed by atoms with E-state index in [1.54, 1.807) is 7.11 Å². The summed E-state index contributed by atoms with van der Waals surface area (Å²) in [4.78, 5) is 2.26. The van der Waals surface area contributed by atoms with Crippen LogP contribution >= 0.6 is 8.58 Å². The molecule has 1 atom stereocenters. The van der Waals surface area contributed by atoms with Crippen LogP contribution in [-0.4, -0.2) is 32.9 Å². The van der Waals surface area contributed by atoms with Gasteiger partial charge in [-0.15, -0.1) is 0 Å². The highest BCUT2D eigenvalue weighted by atomic mass is 31.1. The molecule has 0 aliphatic heterocycles. The predicted octanol–water partition coefficient (Wildman–Crippen LogP) is 5.68. The number of hydrogen-bond donors (Lipinski definition) is 0. The zero-order valence-electron chi connectivity index (χ0n) is 19.5. The number of nitrogens with zero attached hydrogens (tertiary/aromatic N) is 1. The topological polar surface area (TPSA) is 21.7 Å². The Morgan fingerprint density at radius 2 is 1.66 bits per heavy atom. The molecule has 0 N–H and O–H groups in total. The molecule has 0 saturated heterocycles. The highest BCUT2D eigenvalue weighted by Crippen LogP contribution is 2.51. The molecule has 0 bridgehead atoms.